The third-order valence-electron chi connectivity index (χ3n) is 5.54. The highest BCUT2D eigenvalue weighted by atomic mass is 16.2. The molecule has 1 heterocycles. The summed E-state index contributed by atoms with van der Waals surface area (Å²) in [6.07, 6.45) is 1.92. The number of aromatic nitrogens is 2. The number of carbonyl (C=O) groups is 2. The van der Waals surface area contributed by atoms with Crippen molar-refractivity contribution < 1.29 is 9.59 Å². The van der Waals surface area contributed by atoms with Crippen LogP contribution >= 0.6 is 0 Å². The van der Waals surface area contributed by atoms with Gasteiger partial charge in [0.2, 0.25) is 11.9 Å². The number of amides is 3. The third kappa shape index (κ3) is 7.68. The summed E-state index contributed by atoms with van der Waals surface area (Å²) in [6, 6.07) is 15.9. The lowest BCUT2D eigenvalue weighted by Crippen LogP contribution is -2.51. The van der Waals surface area contributed by atoms with Crippen LogP contribution in [0.5, 0.6) is 0 Å². The van der Waals surface area contributed by atoms with Crippen molar-refractivity contribution in [2.24, 2.45) is 0 Å². The van der Waals surface area contributed by atoms with Crippen LogP contribution in [0.3, 0.4) is 0 Å². The number of carbonyl (C=O) groups excluding carboxylic acids is 2. The van der Waals surface area contributed by atoms with E-state index in [0.717, 1.165) is 28.1 Å². The molecule has 0 bridgehead atoms. The number of hydrogen-bond donors (Lipinski definition) is 2. The van der Waals surface area contributed by atoms with Gasteiger partial charge in [0.1, 0.15) is 6.54 Å². The van der Waals surface area contributed by atoms with Crippen LogP contribution in [-0.4, -0.2) is 70.6 Å². The molecule has 8 nitrogen and oxygen atoms in total. The Balaban J connectivity index is 1.87. The number of anilines is 1. The maximum absolute atomic E-state index is 13.2. The number of aryl methyl sites for hydroxylation is 2. The molecule has 0 aliphatic carbocycles. The van der Waals surface area contributed by atoms with E-state index in [1.54, 1.807) is 0 Å². The lowest BCUT2D eigenvalue weighted by Gasteiger charge is -2.29. The molecular formula is C28H38N6O2. The van der Waals surface area contributed by atoms with Crippen LogP contribution in [-0.2, 0) is 4.79 Å². The molecule has 192 valence electrons. The van der Waals surface area contributed by atoms with Crippen molar-refractivity contribution in [2.45, 2.75) is 40.2 Å². The van der Waals surface area contributed by atoms with E-state index in [9.17, 15) is 9.59 Å². The molecule has 0 saturated heterocycles. The predicted octanol–water partition coefficient (Wildman–Crippen LogP) is 4.47. The molecule has 0 atom stereocenters. The molecule has 3 aromatic rings. The fraction of sp³-hybridized carbons (Fsp3) is 0.393. The highest BCUT2D eigenvalue weighted by Crippen LogP contribution is 2.25. The largest absolute Gasteiger partial charge is 0.333 e. The molecule has 0 aliphatic rings. The second kappa shape index (κ2) is 11.4. The van der Waals surface area contributed by atoms with Crippen molar-refractivity contribution in [1.29, 1.82) is 0 Å². The Hall–Kier alpha value is -3.65. The highest BCUT2D eigenvalue weighted by Gasteiger charge is 2.23. The molecule has 2 aromatic carbocycles. The van der Waals surface area contributed by atoms with Crippen molar-refractivity contribution in [3.05, 3.63) is 65.9 Å². The molecule has 36 heavy (non-hydrogen) atoms. The van der Waals surface area contributed by atoms with Crippen molar-refractivity contribution in [3.8, 4) is 16.9 Å². The Labute approximate surface area is 214 Å². The number of urea groups is 1. The second-order valence-corrected chi connectivity index (χ2v) is 10.5. The second-order valence-electron chi connectivity index (χ2n) is 10.5. The quantitative estimate of drug-likeness (QED) is 0.488. The van der Waals surface area contributed by atoms with Gasteiger partial charge < -0.3 is 15.1 Å². The number of imidazole rings is 1. The van der Waals surface area contributed by atoms with Crippen LogP contribution in [0.4, 0.5) is 10.7 Å². The summed E-state index contributed by atoms with van der Waals surface area (Å²) in [7, 11) is 3.87. The zero-order chi connectivity index (χ0) is 26.5. The predicted molar refractivity (Wildman–Crippen MR) is 146 cm³/mol. The fourth-order valence-electron chi connectivity index (χ4n) is 3.54. The van der Waals surface area contributed by atoms with Gasteiger partial charge in [0.15, 0.2) is 0 Å². The van der Waals surface area contributed by atoms with Crippen molar-refractivity contribution in [3.63, 3.8) is 0 Å². The maximum atomic E-state index is 13.2. The Morgan fingerprint density at radius 1 is 0.917 bits per heavy atom. The van der Waals surface area contributed by atoms with E-state index < -0.39 is 5.54 Å². The first-order valence-electron chi connectivity index (χ1n) is 12.2. The topological polar surface area (TPSA) is 82.5 Å². The average molecular weight is 491 g/mol. The van der Waals surface area contributed by atoms with E-state index in [1.165, 1.54) is 4.90 Å². The molecule has 0 spiro atoms. The minimum atomic E-state index is -0.408. The van der Waals surface area contributed by atoms with Gasteiger partial charge in [-0.05, 0) is 60.8 Å². The first-order chi connectivity index (χ1) is 16.9. The Kier molecular flexibility index (Phi) is 8.53. The number of benzene rings is 2. The summed E-state index contributed by atoms with van der Waals surface area (Å²) in [5, 5.41) is 5.89. The van der Waals surface area contributed by atoms with Gasteiger partial charge in [-0.25, -0.2) is 9.78 Å². The van der Waals surface area contributed by atoms with E-state index in [4.69, 9.17) is 4.98 Å². The molecule has 1 aromatic heterocycles. The minimum Gasteiger partial charge on any atom is -0.333 e. The van der Waals surface area contributed by atoms with E-state index in [1.807, 2.05) is 113 Å². The molecule has 2 N–H and O–H groups in total. The standard InChI is InChI=1S/C28H38N6O2/c1-20-8-12-22(13-9-20)24-18-34(23-14-10-21(2)11-15-23)26(29-24)30-25(35)19-33(17-16-32(6)7)27(36)31-28(3,4)5/h8-15,18H,16-17,19H2,1-7H3,(H,31,36)(H,29,30,35). The molecule has 3 amide bonds. The van der Waals surface area contributed by atoms with E-state index >= 15 is 0 Å². The van der Waals surface area contributed by atoms with Gasteiger partial charge in [-0.2, -0.15) is 0 Å². The summed E-state index contributed by atoms with van der Waals surface area (Å²) in [6.45, 7) is 10.8. The minimum absolute atomic E-state index is 0.0869. The molecule has 0 aliphatic heterocycles. The van der Waals surface area contributed by atoms with Gasteiger partial charge in [0, 0.05) is 36.1 Å². The van der Waals surface area contributed by atoms with Crippen LogP contribution < -0.4 is 10.6 Å². The zero-order valence-corrected chi connectivity index (χ0v) is 22.4. The summed E-state index contributed by atoms with van der Waals surface area (Å²) >= 11 is 0. The number of hydrogen-bond acceptors (Lipinski definition) is 4. The summed E-state index contributed by atoms with van der Waals surface area (Å²) in [5.74, 6) is 0.0930. The fourth-order valence-corrected chi connectivity index (χ4v) is 3.54. The van der Waals surface area contributed by atoms with Crippen LogP contribution in [0, 0.1) is 13.8 Å². The van der Waals surface area contributed by atoms with E-state index in [-0.39, 0.29) is 18.5 Å². The lowest BCUT2D eigenvalue weighted by molar-refractivity contribution is -0.116. The van der Waals surface area contributed by atoms with Crippen LogP contribution in [0.25, 0.3) is 16.9 Å². The molecule has 0 radical (unpaired) electrons. The lowest BCUT2D eigenvalue weighted by atomic mass is 10.1. The van der Waals surface area contributed by atoms with Gasteiger partial charge in [-0.3, -0.25) is 14.7 Å². The first-order valence-corrected chi connectivity index (χ1v) is 12.2. The molecule has 0 unspecified atom stereocenters. The van der Waals surface area contributed by atoms with Gasteiger partial charge in [0.05, 0.1) is 5.69 Å². The number of likely N-dealkylation sites (N-methyl/N-ethyl adjacent to an activating group) is 1. The third-order valence-corrected chi connectivity index (χ3v) is 5.54. The van der Waals surface area contributed by atoms with Crippen molar-refractivity contribution >= 4 is 17.9 Å². The summed E-state index contributed by atoms with van der Waals surface area (Å²) in [5.41, 5.74) is 4.49. The van der Waals surface area contributed by atoms with Crippen molar-refractivity contribution in [1.82, 2.24) is 24.7 Å². The summed E-state index contributed by atoms with van der Waals surface area (Å²) < 4.78 is 1.87. The normalized spacial score (nSPS) is 11.4. The molecular weight excluding hydrogens is 452 g/mol. The average Bonchev–Trinajstić information content (AvgIpc) is 3.19. The number of rotatable bonds is 8. The van der Waals surface area contributed by atoms with Gasteiger partial charge in [-0.15, -0.1) is 0 Å². The van der Waals surface area contributed by atoms with E-state index in [0.29, 0.717) is 19.0 Å². The van der Waals surface area contributed by atoms with Crippen molar-refractivity contribution in [2.75, 3.05) is 39.0 Å². The Morgan fingerprint density at radius 2 is 1.50 bits per heavy atom. The monoisotopic (exact) mass is 490 g/mol. The van der Waals surface area contributed by atoms with E-state index in [2.05, 4.69) is 10.6 Å². The molecule has 0 fully saturated rings. The molecule has 8 heteroatoms. The smallest absolute Gasteiger partial charge is 0.318 e. The number of nitrogens with one attached hydrogen (secondary N) is 2. The Morgan fingerprint density at radius 3 is 2.06 bits per heavy atom. The molecule has 3 rings (SSSR count). The maximum Gasteiger partial charge on any atom is 0.318 e. The van der Waals surface area contributed by atoms with Gasteiger partial charge in [0.25, 0.3) is 0 Å². The van der Waals surface area contributed by atoms with Gasteiger partial charge >= 0.3 is 6.03 Å². The summed E-state index contributed by atoms with van der Waals surface area (Å²) in [4.78, 5) is 34.3. The van der Waals surface area contributed by atoms with Crippen LogP contribution in [0.1, 0.15) is 31.9 Å². The van der Waals surface area contributed by atoms with Crippen LogP contribution in [0.15, 0.2) is 54.7 Å². The van der Waals surface area contributed by atoms with Gasteiger partial charge in [-0.1, -0.05) is 47.5 Å². The van der Waals surface area contributed by atoms with Crippen LogP contribution in [0.2, 0.25) is 0 Å². The first kappa shape index (κ1) is 26.9. The SMILES string of the molecule is Cc1ccc(-c2cn(-c3ccc(C)cc3)c(NC(=O)CN(CCN(C)C)C(=O)NC(C)(C)C)n2)cc1. The Bertz CT molecular complexity index is 1170. The zero-order valence-electron chi connectivity index (χ0n) is 22.4. The number of nitrogens with zero attached hydrogens (tertiary/aromatic N) is 4. The molecule has 0 saturated carbocycles. The highest BCUT2D eigenvalue weighted by molar-refractivity contribution is 5.93.